The van der Waals surface area contributed by atoms with Crippen molar-refractivity contribution >= 4 is 9.47 Å². The quantitative estimate of drug-likeness (QED) is 0.511. The van der Waals surface area contributed by atoms with Crippen molar-refractivity contribution < 1.29 is 4.52 Å². The van der Waals surface area contributed by atoms with Crippen LogP contribution in [0, 0.1) is 23.2 Å². The molecule has 82 valence electrons. The van der Waals surface area contributed by atoms with E-state index < -0.39 is 0 Å². The monoisotopic (exact) mass is 223 g/mol. The van der Waals surface area contributed by atoms with Crippen LogP contribution in [0.3, 0.4) is 0 Å². The van der Waals surface area contributed by atoms with Gasteiger partial charge in [0.2, 0.25) is 0 Å². The summed E-state index contributed by atoms with van der Waals surface area (Å²) in [6.07, 6.45) is 11.5. The molecule has 1 fully saturated rings. The summed E-state index contributed by atoms with van der Waals surface area (Å²) < 4.78 is 5.00. The van der Waals surface area contributed by atoms with E-state index >= 15 is 0 Å². The van der Waals surface area contributed by atoms with Gasteiger partial charge >= 0.3 is 0 Å². The Kier molecular flexibility index (Phi) is 5.61. The minimum absolute atomic E-state index is 0.145. The summed E-state index contributed by atoms with van der Waals surface area (Å²) in [7, 11) is 2.25. The van der Waals surface area contributed by atoms with E-state index in [1.165, 1.54) is 6.42 Å². The Morgan fingerprint density at radius 3 is 3.00 bits per heavy atom. The third-order valence-electron chi connectivity index (χ3n) is 2.71. The van der Waals surface area contributed by atoms with Gasteiger partial charge < -0.3 is 4.52 Å². The van der Waals surface area contributed by atoms with Gasteiger partial charge in [0, 0.05) is 15.9 Å². The van der Waals surface area contributed by atoms with E-state index in [0.29, 0.717) is 5.92 Å². The minimum atomic E-state index is 0.145. The maximum atomic E-state index is 8.50. The highest BCUT2D eigenvalue weighted by atomic mass is 31.0. The number of nitriles is 1. The summed E-state index contributed by atoms with van der Waals surface area (Å²) in [6, 6.07) is 2.23. The second kappa shape index (κ2) is 6.77. The zero-order chi connectivity index (χ0) is 11.1. The molecule has 1 rings (SSSR count). The number of hydrogen-bond acceptors (Lipinski definition) is 2. The molecular formula is C12H18NOP. The first-order valence-electron chi connectivity index (χ1n) is 5.33. The molecule has 0 spiro atoms. The third kappa shape index (κ3) is 5.11. The summed E-state index contributed by atoms with van der Waals surface area (Å²) in [5.74, 6) is 1.42. The second-order valence-electron chi connectivity index (χ2n) is 4.01. The smallest absolute Gasteiger partial charge is 0.0766 e. The molecular weight excluding hydrogens is 205 g/mol. The molecule has 0 N–H and O–H groups in total. The summed E-state index contributed by atoms with van der Waals surface area (Å²) in [5.41, 5.74) is 0. The van der Waals surface area contributed by atoms with Crippen LogP contribution in [0.15, 0.2) is 24.3 Å². The molecule has 0 heterocycles. The first-order valence-corrected chi connectivity index (χ1v) is 5.81. The van der Waals surface area contributed by atoms with E-state index in [-0.39, 0.29) is 6.10 Å². The average molecular weight is 223 g/mol. The van der Waals surface area contributed by atoms with Crippen LogP contribution in [-0.4, -0.2) is 6.10 Å². The lowest BCUT2D eigenvalue weighted by Gasteiger charge is -1.98. The maximum absolute atomic E-state index is 8.50. The molecule has 4 unspecified atom stereocenters. The molecule has 0 saturated heterocycles. The molecule has 0 aliphatic heterocycles. The standard InChI is InChI=1S/C12H18NOP/c1-10(14-15)5-3-2-4-6-11-9-12(11)7-8-13/h2-5,10-12H,6-7,9,15H2,1H3/b4-2+,5-3+. The molecule has 0 bridgehead atoms. The van der Waals surface area contributed by atoms with Crippen molar-refractivity contribution in [1.82, 2.24) is 0 Å². The van der Waals surface area contributed by atoms with Crippen LogP contribution in [0.4, 0.5) is 0 Å². The van der Waals surface area contributed by atoms with E-state index in [1.807, 2.05) is 19.1 Å². The topological polar surface area (TPSA) is 33.0 Å². The molecule has 0 aromatic rings. The van der Waals surface area contributed by atoms with Gasteiger partial charge in [-0.1, -0.05) is 24.3 Å². The zero-order valence-corrected chi connectivity index (χ0v) is 10.3. The van der Waals surface area contributed by atoms with Crippen LogP contribution in [0.5, 0.6) is 0 Å². The molecule has 1 saturated carbocycles. The Hall–Kier alpha value is -0.640. The summed E-state index contributed by atoms with van der Waals surface area (Å²) in [4.78, 5) is 0. The van der Waals surface area contributed by atoms with Gasteiger partial charge in [0.15, 0.2) is 0 Å². The van der Waals surface area contributed by atoms with Crippen molar-refractivity contribution in [3.05, 3.63) is 24.3 Å². The lowest BCUT2D eigenvalue weighted by Crippen LogP contribution is -1.93. The van der Waals surface area contributed by atoms with Gasteiger partial charge in [0.1, 0.15) is 0 Å². The fraction of sp³-hybridized carbons (Fsp3) is 0.583. The van der Waals surface area contributed by atoms with Crippen molar-refractivity contribution in [3.8, 4) is 6.07 Å². The van der Waals surface area contributed by atoms with E-state index in [1.54, 1.807) is 0 Å². The van der Waals surface area contributed by atoms with Gasteiger partial charge in [-0.05, 0) is 31.6 Å². The van der Waals surface area contributed by atoms with E-state index in [0.717, 1.165) is 18.8 Å². The van der Waals surface area contributed by atoms with Crippen LogP contribution in [0.25, 0.3) is 0 Å². The Morgan fingerprint density at radius 2 is 2.33 bits per heavy atom. The summed E-state index contributed by atoms with van der Waals surface area (Å²) >= 11 is 0. The van der Waals surface area contributed by atoms with Crippen molar-refractivity contribution in [2.75, 3.05) is 0 Å². The van der Waals surface area contributed by atoms with Crippen molar-refractivity contribution in [2.24, 2.45) is 11.8 Å². The lowest BCUT2D eigenvalue weighted by molar-refractivity contribution is 0.319. The van der Waals surface area contributed by atoms with Crippen LogP contribution < -0.4 is 0 Å². The van der Waals surface area contributed by atoms with Crippen LogP contribution in [0.1, 0.15) is 26.2 Å². The van der Waals surface area contributed by atoms with Gasteiger partial charge in [0.25, 0.3) is 0 Å². The number of allylic oxidation sites excluding steroid dienone is 3. The second-order valence-corrected chi connectivity index (χ2v) is 4.28. The molecule has 15 heavy (non-hydrogen) atoms. The fourth-order valence-electron chi connectivity index (χ4n) is 1.56. The lowest BCUT2D eigenvalue weighted by atomic mass is 10.2. The number of rotatable bonds is 6. The Balaban J connectivity index is 2.09. The predicted octanol–water partition coefficient (Wildman–Crippen LogP) is 3.23. The summed E-state index contributed by atoms with van der Waals surface area (Å²) in [5, 5.41) is 8.50. The first-order chi connectivity index (χ1) is 7.27. The Labute approximate surface area is 94.3 Å². The van der Waals surface area contributed by atoms with Gasteiger partial charge in [-0.15, -0.1) is 0 Å². The van der Waals surface area contributed by atoms with Gasteiger partial charge in [-0.3, -0.25) is 0 Å². The molecule has 1 aliphatic carbocycles. The molecule has 0 aromatic heterocycles. The zero-order valence-electron chi connectivity index (χ0n) is 9.10. The first kappa shape index (κ1) is 12.4. The van der Waals surface area contributed by atoms with E-state index in [4.69, 9.17) is 9.79 Å². The normalized spacial score (nSPS) is 27.0. The van der Waals surface area contributed by atoms with Crippen molar-refractivity contribution in [1.29, 1.82) is 5.26 Å². The molecule has 0 amide bonds. The Morgan fingerprint density at radius 1 is 1.53 bits per heavy atom. The average Bonchev–Trinajstić information content (AvgIpc) is 2.96. The largest absolute Gasteiger partial charge is 0.359 e. The highest BCUT2D eigenvalue weighted by molar-refractivity contribution is 7.09. The highest BCUT2D eigenvalue weighted by Crippen LogP contribution is 2.43. The van der Waals surface area contributed by atoms with Crippen LogP contribution >= 0.6 is 9.47 Å². The van der Waals surface area contributed by atoms with Gasteiger partial charge in [-0.2, -0.15) is 5.26 Å². The summed E-state index contributed by atoms with van der Waals surface area (Å²) in [6.45, 7) is 1.99. The Bertz CT molecular complexity index is 280. The number of hydrogen-bond donors (Lipinski definition) is 0. The van der Waals surface area contributed by atoms with Crippen molar-refractivity contribution in [2.45, 2.75) is 32.3 Å². The maximum Gasteiger partial charge on any atom is 0.0766 e. The van der Waals surface area contributed by atoms with E-state index in [2.05, 4.69) is 27.7 Å². The minimum Gasteiger partial charge on any atom is -0.359 e. The van der Waals surface area contributed by atoms with Gasteiger partial charge in [-0.25, -0.2) is 0 Å². The number of nitrogens with zero attached hydrogens (tertiary/aromatic N) is 1. The molecule has 0 aromatic carbocycles. The van der Waals surface area contributed by atoms with Crippen molar-refractivity contribution in [3.63, 3.8) is 0 Å². The van der Waals surface area contributed by atoms with Crippen LogP contribution in [0.2, 0.25) is 0 Å². The SMILES string of the molecule is CC(/C=C/C=C/CC1CC1CC#N)OP. The molecule has 1 aliphatic rings. The molecule has 4 atom stereocenters. The highest BCUT2D eigenvalue weighted by Gasteiger charge is 2.34. The fourth-order valence-corrected chi connectivity index (χ4v) is 1.65. The third-order valence-corrected chi connectivity index (χ3v) is 3.13. The molecule has 3 heteroatoms. The van der Waals surface area contributed by atoms with E-state index in [9.17, 15) is 0 Å². The molecule has 0 radical (unpaired) electrons. The predicted molar refractivity (Wildman–Crippen MR) is 65.0 cm³/mol. The molecule has 2 nitrogen and oxygen atoms in total. The van der Waals surface area contributed by atoms with Gasteiger partial charge in [0.05, 0.1) is 12.2 Å². The van der Waals surface area contributed by atoms with Crippen LogP contribution in [-0.2, 0) is 4.52 Å².